The number of nitrogens with zero attached hydrogens (tertiary/aromatic N) is 2. The van der Waals surface area contributed by atoms with Gasteiger partial charge in [0, 0.05) is 19.5 Å². The Morgan fingerprint density at radius 2 is 1.23 bits per heavy atom. The molecule has 0 radical (unpaired) electrons. The first-order valence-corrected chi connectivity index (χ1v) is 19.3. The lowest BCUT2D eigenvalue weighted by Gasteiger charge is -2.29. The molecule has 2 aliphatic rings. The standard InChI is InChI=1S/C36H60N8O13/c1-18(2)14-23(40-31(51)22(10-11-28(48)49)39-32(52)26-9-7-13-44(26)35(55)21(37)17-45)30(50)38-16-27(47)43-12-6-8-25(43)33(53)42-29(20(5)46)34(54)41-24(36(56)57)15-19(3)4/h18-26,29,45-46H,6-17,37H2,1-5H3,(H,38,50)(H,39,52)(H,40,51)(H,41,54)(H,42,53)(H,48,49)(H,56,57). The first kappa shape index (κ1) is 48.3. The molecule has 0 aliphatic carbocycles. The molecule has 8 atom stereocenters. The number of nitrogens with one attached hydrogen (secondary N) is 5. The van der Waals surface area contributed by atoms with Crippen LogP contribution in [0, 0.1) is 11.8 Å². The maximum Gasteiger partial charge on any atom is 0.326 e. The van der Waals surface area contributed by atoms with E-state index in [2.05, 4.69) is 26.6 Å². The Morgan fingerprint density at radius 1 is 0.702 bits per heavy atom. The molecule has 0 bridgehead atoms. The van der Waals surface area contributed by atoms with Gasteiger partial charge in [0.05, 0.1) is 19.3 Å². The monoisotopic (exact) mass is 812 g/mol. The summed E-state index contributed by atoms with van der Waals surface area (Å²) in [7, 11) is 0. The van der Waals surface area contributed by atoms with Crippen molar-refractivity contribution < 1.29 is 63.6 Å². The van der Waals surface area contributed by atoms with E-state index in [-0.39, 0.29) is 57.0 Å². The van der Waals surface area contributed by atoms with E-state index in [1.807, 2.05) is 0 Å². The van der Waals surface area contributed by atoms with Gasteiger partial charge in [-0.3, -0.25) is 38.4 Å². The lowest BCUT2D eigenvalue weighted by atomic mass is 10.0. The van der Waals surface area contributed by atoms with Crippen molar-refractivity contribution in [3.8, 4) is 0 Å². The van der Waals surface area contributed by atoms with Crippen molar-refractivity contribution in [2.24, 2.45) is 17.6 Å². The summed E-state index contributed by atoms with van der Waals surface area (Å²) in [6.45, 7) is 7.38. The van der Waals surface area contributed by atoms with Gasteiger partial charge in [0.2, 0.25) is 41.4 Å². The Balaban J connectivity index is 2.13. The van der Waals surface area contributed by atoms with Crippen LogP contribution in [0.4, 0.5) is 0 Å². The Morgan fingerprint density at radius 3 is 1.75 bits per heavy atom. The second-order valence-electron chi connectivity index (χ2n) is 15.4. The Labute approximate surface area is 331 Å². The number of nitrogens with two attached hydrogens (primary N) is 1. The van der Waals surface area contributed by atoms with Crippen molar-refractivity contribution in [2.45, 2.75) is 134 Å². The van der Waals surface area contributed by atoms with Crippen LogP contribution < -0.4 is 32.3 Å². The van der Waals surface area contributed by atoms with Gasteiger partial charge in [-0.2, -0.15) is 0 Å². The Kier molecular flexibility index (Phi) is 19.3. The van der Waals surface area contributed by atoms with Crippen LogP contribution in [0.15, 0.2) is 0 Å². The van der Waals surface area contributed by atoms with Crippen LogP contribution in [0.25, 0.3) is 0 Å². The van der Waals surface area contributed by atoms with Crippen LogP contribution in [0.2, 0.25) is 0 Å². The van der Waals surface area contributed by atoms with E-state index in [9.17, 15) is 63.6 Å². The average Bonchev–Trinajstić information content (AvgIpc) is 3.83. The van der Waals surface area contributed by atoms with E-state index in [1.165, 1.54) is 16.7 Å². The number of hydrogen-bond donors (Lipinski definition) is 10. The van der Waals surface area contributed by atoms with E-state index in [0.717, 1.165) is 0 Å². The third kappa shape index (κ3) is 14.8. The van der Waals surface area contributed by atoms with Crippen LogP contribution in [0.1, 0.15) is 86.0 Å². The Bertz CT molecular complexity index is 1470. The summed E-state index contributed by atoms with van der Waals surface area (Å²) in [6.07, 6.45) is -0.848. The summed E-state index contributed by atoms with van der Waals surface area (Å²) in [4.78, 5) is 118. The van der Waals surface area contributed by atoms with E-state index in [4.69, 9.17) is 5.73 Å². The van der Waals surface area contributed by atoms with Crippen molar-refractivity contribution in [3.63, 3.8) is 0 Å². The number of aliphatic hydroxyl groups excluding tert-OH is 2. The third-order valence-electron chi connectivity index (χ3n) is 9.65. The van der Waals surface area contributed by atoms with E-state index in [1.54, 1.807) is 27.7 Å². The highest BCUT2D eigenvalue weighted by Crippen LogP contribution is 2.20. The number of amides is 7. The molecule has 0 saturated carbocycles. The second-order valence-corrected chi connectivity index (χ2v) is 15.4. The molecule has 0 spiro atoms. The van der Waals surface area contributed by atoms with Crippen LogP contribution in [0.5, 0.6) is 0 Å². The van der Waals surface area contributed by atoms with Crippen LogP contribution in [0.3, 0.4) is 0 Å². The number of carboxylic acids is 2. The van der Waals surface area contributed by atoms with Crippen molar-refractivity contribution in [3.05, 3.63) is 0 Å². The minimum absolute atomic E-state index is 0.0762. The number of aliphatic hydroxyl groups is 2. The van der Waals surface area contributed by atoms with Crippen LogP contribution in [-0.4, -0.2) is 158 Å². The molecule has 0 aromatic heterocycles. The summed E-state index contributed by atoms with van der Waals surface area (Å²) in [5.74, 6) is -8.21. The maximum absolute atomic E-state index is 13.5. The van der Waals surface area contributed by atoms with Gasteiger partial charge in [-0.15, -0.1) is 0 Å². The minimum Gasteiger partial charge on any atom is -0.481 e. The van der Waals surface area contributed by atoms with Gasteiger partial charge in [0.1, 0.15) is 42.3 Å². The summed E-state index contributed by atoms with van der Waals surface area (Å²) in [5, 5.41) is 50.7. The zero-order chi connectivity index (χ0) is 43.1. The summed E-state index contributed by atoms with van der Waals surface area (Å²) >= 11 is 0. The van der Waals surface area contributed by atoms with Crippen molar-refractivity contribution in [2.75, 3.05) is 26.2 Å². The Hall–Kier alpha value is -4.89. The smallest absolute Gasteiger partial charge is 0.326 e. The highest BCUT2D eigenvalue weighted by Gasteiger charge is 2.40. The lowest BCUT2D eigenvalue weighted by Crippen LogP contribution is -2.59. The normalized spacial score (nSPS) is 19.8. The molecule has 2 fully saturated rings. The molecule has 2 rings (SSSR count). The molecule has 8 unspecified atom stereocenters. The van der Waals surface area contributed by atoms with Gasteiger partial charge in [-0.1, -0.05) is 27.7 Å². The number of aliphatic carboxylic acids is 2. The molecule has 57 heavy (non-hydrogen) atoms. The zero-order valence-electron chi connectivity index (χ0n) is 33.2. The average molecular weight is 813 g/mol. The molecular weight excluding hydrogens is 752 g/mol. The first-order chi connectivity index (χ1) is 26.7. The minimum atomic E-state index is -1.53. The largest absolute Gasteiger partial charge is 0.481 e. The van der Waals surface area contributed by atoms with Gasteiger partial charge in [0.15, 0.2) is 0 Å². The number of likely N-dealkylation sites (tertiary alicyclic amines) is 2. The molecule has 21 nitrogen and oxygen atoms in total. The number of carboxylic acid groups (broad SMARTS) is 2. The molecule has 0 aromatic carbocycles. The summed E-state index contributed by atoms with van der Waals surface area (Å²) in [6, 6.07) is -8.82. The van der Waals surface area contributed by atoms with Gasteiger partial charge in [-0.05, 0) is 63.7 Å². The topological polar surface area (TPSA) is 327 Å². The highest BCUT2D eigenvalue weighted by atomic mass is 16.4. The predicted molar refractivity (Wildman–Crippen MR) is 200 cm³/mol. The van der Waals surface area contributed by atoms with Gasteiger partial charge < -0.3 is 62.5 Å². The van der Waals surface area contributed by atoms with Crippen molar-refractivity contribution >= 4 is 53.3 Å². The van der Waals surface area contributed by atoms with Crippen LogP contribution >= 0.6 is 0 Å². The van der Waals surface area contributed by atoms with Gasteiger partial charge >= 0.3 is 11.9 Å². The first-order valence-electron chi connectivity index (χ1n) is 19.3. The van der Waals surface area contributed by atoms with Crippen molar-refractivity contribution in [1.29, 1.82) is 0 Å². The maximum atomic E-state index is 13.5. The summed E-state index contributed by atoms with van der Waals surface area (Å²) in [5.41, 5.74) is 5.66. The van der Waals surface area contributed by atoms with Crippen molar-refractivity contribution in [1.82, 2.24) is 36.4 Å². The molecule has 21 heteroatoms. The quantitative estimate of drug-likeness (QED) is 0.0514. The number of carbonyl (C=O) groups excluding carboxylic acids is 7. The number of hydrogen-bond acceptors (Lipinski definition) is 12. The SMILES string of the molecule is CC(C)CC(NC(=O)C(NC(=O)C1CCCN1C(=O)CNC(=O)C(CC(C)C)NC(=O)C(CCC(=O)O)NC(=O)C1CCCN1C(=O)C(N)CO)C(C)O)C(=O)O. The molecule has 2 heterocycles. The third-order valence-corrected chi connectivity index (χ3v) is 9.65. The molecule has 7 amide bonds. The summed E-state index contributed by atoms with van der Waals surface area (Å²) < 4.78 is 0. The van der Waals surface area contributed by atoms with E-state index in [0.29, 0.717) is 12.8 Å². The van der Waals surface area contributed by atoms with Gasteiger partial charge in [-0.25, -0.2) is 4.79 Å². The lowest BCUT2D eigenvalue weighted by molar-refractivity contribution is -0.144. The van der Waals surface area contributed by atoms with E-state index < -0.39 is 121 Å². The molecule has 11 N–H and O–H groups in total. The zero-order valence-corrected chi connectivity index (χ0v) is 33.2. The predicted octanol–water partition coefficient (Wildman–Crippen LogP) is -3.23. The van der Waals surface area contributed by atoms with Crippen LogP contribution in [-0.2, 0) is 43.2 Å². The second kappa shape index (κ2) is 22.7. The van der Waals surface area contributed by atoms with E-state index >= 15 is 0 Å². The molecule has 2 saturated heterocycles. The number of rotatable bonds is 22. The fourth-order valence-electron chi connectivity index (χ4n) is 6.71. The molecular formula is C36H60N8O13. The molecule has 322 valence electrons. The highest BCUT2D eigenvalue weighted by molar-refractivity contribution is 5.97. The molecule has 0 aromatic rings. The molecule has 2 aliphatic heterocycles. The van der Waals surface area contributed by atoms with Gasteiger partial charge in [0.25, 0.3) is 0 Å². The number of carbonyl (C=O) groups is 9. The fourth-order valence-corrected chi connectivity index (χ4v) is 6.71. The fraction of sp³-hybridized carbons (Fsp3) is 0.750.